The molecule has 1 aromatic rings. The number of ether oxygens (including phenoxy) is 1. The van der Waals surface area contributed by atoms with Gasteiger partial charge < -0.3 is 4.74 Å². The average molecular weight is 264 g/mol. The van der Waals surface area contributed by atoms with E-state index >= 15 is 0 Å². The summed E-state index contributed by atoms with van der Waals surface area (Å²) in [5.41, 5.74) is 0.396. The topological polar surface area (TPSA) is 26.3 Å². The lowest BCUT2D eigenvalue weighted by molar-refractivity contribution is 0.0894. The predicted molar refractivity (Wildman–Crippen MR) is 73.1 cm³/mol. The molecule has 0 aliphatic heterocycles. The van der Waals surface area contributed by atoms with Crippen LogP contribution in [0.1, 0.15) is 55.3 Å². The van der Waals surface area contributed by atoms with Crippen molar-refractivity contribution in [3.8, 4) is 5.75 Å². The molecule has 0 atom stereocenters. The molecule has 3 heteroatoms. The summed E-state index contributed by atoms with van der Waals surface area (Å²) < 4.78 is 18.5. The summed E-state index contributed by atoms with van der Waals surface area (Å²) in [4.78, 5) is 12.6. The molecule has 2 rings (SSSR count). The molecular weight excluding hydrogens is 243 g/mol. The first-order valence-electron chi connectivity index (χ1n) is 7.10. The van der Waals surface area contributed by atoms with Crippen LogP contribution < -0.4 is 4.74 Å². The second kappa shape index (κ2) is 6.69. The predicted octanol–water partition coefficient (Wildman–Crippen LogP) is 4.38. The number of rotatable bonds is 3. The van der Waals surface area contributed by atoms with Crippen LogP contribution in [0.2, 0.25) is 0 Å². The van der Waals surface area contributed by atoms with E-state index in [9.17, 15) is 9.18 Å². The van der Waals surface area contributed by atoms with Gasteiger partial charge in [0.15, 0.2) is 5.78 Å². The molecule has 0 spiro atoms. The highest BCUT2D eigenvalue weighted by molar-refractivity contribution is 6.00. The molecule has 1 saturated carbocycles. The van der Waals surface area contributed by atoms with E-state index in [1.807, 2.05) is 0 Å². The maximum absolute atomic E-state index is 13.3. The van der Waals surface area contributed by atoms with E-state index in [1.54, 1.807) is 0 Å². The first-order chi connectivity index (χ1) is 9.22. The maximum atomic E-state index is 13.3. The van der Waals surface area contributed by atoms with Crippen molar-refractivity contribution in [2.45, 2.75) is 44.9 Å². The summed E-state index contributed by atoms with van der Waals surface area (Å²) in [6.45, 7) is 0. The largest absolute Gasteiger partial charge is 0.496 e. The number of hydrogen-bond acceptors (Lipinski definition) is 2. The third-order valence-corrected chi connectivity index (χ3v) is 3.90. The zero-order valence-corrected chi connectivity index (χ0v) is 11.5. The van der Waals surface area contributed by atoms with Gasteiger partial charge in [-0.25, -0.2) is 4.39 Å². The van der Waals surface area contributed by atoms with Gasteiger partial charge in [0.05, 0.1) is 12.7 Å². The Bertz CT molecular complexity index is 434. The number of methoxy groups -OCH3 is 1. The van der Waals surface area contributed by atoms with E-state index in [1.165, 1.54) is 44.6 Å². The lowest BCUT2D eigenvalue weighted by atomic mass is 9.85. The van der Waals surface area contributed by atoms with Crippen molar-refractivity contribution in [3.63, 3.8) is 0 Å². The van der Waals surface area contributed by atoms with Crippen LogP contribution in [-0.4, -0.2) is 12.9 Å². The quantitative estimate of drug-likeness (QED) is 0.757. The van der Waals surface area contributed by atoms with E-state index in [2.05, 4.69) is 0 Å². The molecule has 0 radical (unpaired) electrons. The highest BCUT2D eigenvalue weighted by atomic mass is 19.1. The van der Waals surface area contributed by atoms with Crippen molar-refractivity contribution in [1.29, 1.82) is 0 Å². The van der Waals surface area contributed by atoms with E-state index in [4.69, 9.17) is 4.74 Å². The zero-order chi connectivity index (χ0) is 13.7. The Morgan fingerprint density at radius 1 is 1.16 bits per heavy atom. The number of benzene rings is 1. The minimum absolute atomic E-state index is 0.0241. The molecule has 1 aliphatic carbocycles. The molecule has 1 fully saturated rings. The molecule has 0 unspecified atom stereocenters. The lowest BCUT2D eigenvalue weighted by Crippen LogP contribution is -2.17. The first kappa shape index (κ1) is 14.0. The second-order valence-corrected chi connectivity index (χ2v) is 5.25. The molecule has 1 aliphatic rings. The van der Waals surface area contributed by atoms with E-state index in [0.717, 1.165) is 25.7 Å². The van der Waals surface area contributed by atoms with Crippen molar-refractivity contribution in [2.24, 2.45) is 5.92 Å². The molecule has 0 amide bonds. The van der Waals surface area contributed by atoms with Gasteiger partial charge in [0.1, 0.15) is 11.6 Å². The van der Waals surface area contributed by atoms with Crippen LogP contribution in [0.5, 0.6) is 5.75 Å². The molecule has 19 heavy (non-hydrogen) atoms. The maximum Gasteiger partial charge on any atom is 0.169 e. The molecule has 0 bridgehead atoms. The standard InChI is InChI=1S/C16H21FO2/c1-19-15-10-9-13(17)11-14(15)16(18)12-7-5-3-2-4-6-8-12/h9-12H,2-8H2,1H3. The molecule has 0 aromatic heterocycles. The summed E-state index contributed by atoms with van der Waals surface area (Å²) >= 11 is 0. The van der Waals surface area contributed by atoms with Gasteiger partial charge in [-0.05, 0) is 31.0 Å². The van der Waals surface area contributed by atoms with Gasteiger partial charge in [-0.3, -0.25) is 4.79 Å². The summed E-state index contributed by atoms with van der Waals surface area (Å²) in [6, 6.07) is 4.17. The SMILES string of the molecule is COc1ccc(F)cc1C(=O)C1CCCCCCC1. The fraction of sp³-hybridized carbons (Fsp3) is 0.562. The molecule has 0 saturated heterocycles. The number of carbonyl (C=O) groups is 1. The van der Waals surface area contributed by atoms with Crippen molar-refractivity contribution in [3.05, 3.63) is 29.6 Å². The Morgan fingerprint density at radius 3 is 2.42 bits per heavy atom. The van der Waals surface area contributed by atoms with Crippen LogP contribution in [0.25, 0.3) is 0 Å². The highest BCUT2D eigenvalue weighted by Crippen LogP contribution is 2.29. The zero-order valence-electron chi connectivity index (χ0n) is 11.5. The Labute approximate surface area is 114 Å². The number of Topliss-reactive ketones (excluding diaryl/α,β-unsaturated/α-hetero) is 1. The van der Waals surface area contributed by atoms with Crippen molar-refractivity contribution < 1.29 is 13.9 Å². The minimum atomic E-state index is -0.380. The van der Waals surface area contributed by atoms with Gasteiger partial charge in [-0.1, -0.05) is 32.1 Å². The van der Waals surface area contributed by atoms with Gasteiger partial charge in [-0.2, -0.15) is 0 Å². The van der Waals surface area contributed by atoms with Crippen LogP contribution in [-0.2, 0) is 0 Å². The lowest BCUT2D eigenvalue weighted by Gasteiger charge is -2.19. The number of hydrogen-bond donors (Lipinski definition) is 0. The van der Waals surface area contributed by atoms with E-state index < -0.39 is 0 Å². The fourth-order valence-electron chi connectivity index (χ4n) is 2.81. The third kappa shape index (κ3) is 3.55. The Kier molecular flexibility index (Phi) is 4.94. The summed E-state index contributed by atoms with van der Waals surface area (Å²) in [7, 11) is 1.52. The van der Waals surface area contributed by atoms with Gasteiger partial charge in [0.2, 0.25) is 0 Å². The van der Waals surface area contributed by atoms with Crippen LogP contribution in [0, 0.1) is 11.7 Å². The van der Waals surface area contributed by atoms with E-state index in [-0.39, 0.29) is 17.5 Å². The normalized spacial score (nSPS) is 17.6. The molecule has 2 nitrogen and oxygen atoms in total. The smallest absolute Gasteiger partial charge is 0.169 e. The van der Waals surface area contributed by atoms with Gasteiger partial charge in [-0.15, -0.1) is 0 Å². The second-order valence-electron chi connectivity index (χ2n) is 5.25. The van der Waals surface area contributed by atoms with Crippen LogP contribution in [0.4, 0.5) is 4.39 Å². The van der Waals surface area contributed by atoms with Crippen LogP contribution >= 0.6 is 0 Å². The minimum Gasteiger partial charge on any atom is -0.496 e. The van der Waals surface area contributed by atoms with Crippen molar-refractivity contribution >= 4 is 5.78 Å². The highest BCUT2D eigenvalue weighted by Gasteiger charge is 2.23. The van der Waals surface area contributed by atoms with Crippen molar-refractivity contribution in [2.75, 3.05) is 7.11 Å². The molecule has 104 valence electrons. The molecule has 0 N–H and O–H groups in total. The summed E-state index contributed by atoms with van der Waals surface area (Å²) in [5.74, 6) is 0.165. The van der Waals surface area contributed by atoms with Crippen LogP contribution in [0.15, 0.2) is 18.2 Å². The Hall–Kier alpha value is -1.38. The van der Waals surface area contributed by atoms with Gasteiger partial charge in [0.25, 0.3) is 0 Å². The third-order valence-electron chi connectivity index (χ3n) is 3.90. The van der Waals surface area contributed by atoms with Crippen molar-refractivity contribution in [1.82, 2.24) is 0 Å². The molecule has 1 aromatic carbocycles. The van der Waals surface area contributed by atoms with Crippen LogP contribution in [0.3, 0.4) is 0 Å². The Balaban J connectivity index is 2.19. The fourth-order valence-corrected chi connectivity index (χ4v) is 2.81. The first-order valence-corrected chi connectivity index (χ1v) is 7.10. The number of halogens is 1. The van der Waals surface area contributed by atoms with Gasteiger partial charge >= 0.3 is 0 Å². The summed E-state index contributed by atoms with van der Waals surface area (Å²) in [5, 5.41) is 0. The van der Waals surface area contributed by atoms with E-state index in [0.29, 0.717) is 11.3 Å². The molecule has 0 heterocycles. The van der Waals surface area contributed by atoms with Gasteiger partial charge in [0, 0.05) is 5.92 Å². The Morgan fingerprint density at radius 2 is 1.79 bits per heavy atom. The monoisotopic (exact) mass is 264 g/mol. The average Bonchev–Trinajstić information content (AvgIpc) is 2.37. The number of carbonyl (C=O) groups excluding carboxylic acids is 1. The molecular formula is C16H21FO2. The number of ketones is 1. The summed E-state index contributed by atoms with van der Waals surface area (Å²) in [6.07, 6.45) is 7.68.